The highest BCUT2D eigenvalue weighted by atomic mass is 32.1. The third kappa shape index (κ3) is 1.69. The first-order valence-corrected chi connectivity index (χ1v) is 7.34. The van der Waals surface area contributed by atoms with Crippen LogP contribution < -0.4 is 0 Å². The number of phenolic OH excluding ortho intramolecular Hbond substituents is 1. The van der Waals surface area contributed by atoms with Crippen molar-refractivity contribution in [3.8, 4) is 16.9 Å². The molecule has 3 aromatic carbocycles. The second-order valence-electron chi connectivity index (χ2n) is 4.82. The summed E-state index contributed by atoms with van der Waals surface area (Å²) in [5.41, 5.74) is 2.36. The summed E-state index contributed by atoms with van der Waals surface area (Å²) in [6.07, 6.45) is 0. The normalized spacial score (nSPS) is 11.2. The van der Waals surface area contributed by atoms with E-state index in [4.69, 9.17) is 0 Å². The lowest BCUT2D eigenvalue weighted by molar-refractivity contribution is 0.475. The van der Waals surface area contributed by atoms with Crippen molar-refractivity contribution in [3.63, 3.8) is 0 Å². The number of aromatic hydroxyl groups is 1. The van der Waals surface area contributed by atoms with E-state index >= 15 is 0 Å². The maximum Gasteiger partial charge on any atom is 0.115 e. The van der Waals surface area contributed by atoms with Gasteiger partial charge in [0.15, 0.2) is 0 Å². The Bertz CT molecular complexity index is 904. The highest BCUT2D eigenvalue weighted by Gasteiger charge is 2.10. The summed E-state index contributed by atoms with van der Waals surface area (Å²) in [7, 11) is 0. The first-order valence-electron chi connectivity index (χ1n) is 6.52. The molecule has 0 aliphatic heterocycles. The van der Waals surface area contributed by atoms with E-state index < -0.39 is 0 Å². The summed E-state index contributed by atoms with van der Waals surface area (Å²) in [5.74, 6) is 0.302. The third-order valence-corrected chi connectivity index (χ3v) is 4.72. The Hall–Kier alpha value is -2.32. The predicted octanol–water partition coefficient (Wildman–Crippen LogP) is 5.43. The second kappa shape index (κ2) is 4.36. The molecule has 20 heavy (non-hydrogen) atoms. The van der Waals surface area contributed by atoms with E-state index in [1.54, 1.807) is 12.1 Å². The Morgan fingerprint density at radius 2 is 1.45 bits per heavy atom. The lowest BCUT2D eigenvalue weighted by atomic mass is 9.99. The van der Waals surface area contributed by atoms with Crippen LogP contribution in [0.15, 0.2) is 66.7 Å². The first kappa shape index (κ1) is 11.5. The molecular formula is C18H12OS. The zero-order chi connectivity index (χ0) is 13.5. The van der Waals surface area contributed by atoms with Crippen molar-refractivity contribution in [3.05, 3.63) is 66.7 Å². The van der Waals surface area contributed by atoms with Crippen LogP contribution in [0.1, 0.15) is 0 Å². The minimum atomic E-state index is 0.302. The van der Waals surface area contributed by atoms with Crippen molar-refractivity contribution in [1.29, 1.82) is 0 Å². The van der Waals surface area contributed by atoms with Gasteiger partial charge in [-0.1, -0.05) is 42.5 Å². The van der Waals surface area contributed by atoms with Crippen molar-refractivity contribution in [2.24, 2.45) is 0 Å². The molecule has 96 valence electrons. The molecule has 0 spiro atoms. The van der Waals surface area contributed by atoms with Crippen LogP contribution in [-0.4, -0.2) is 5.11 Å². The van der Waals surface area contributed by atoms with Gasteiger partial charge in [-0.3, -0.25) is 0 Å². The number of phenols is 1. The minimum absolute atomic E-state index is 0.302. The van der Waals surface area contributed by atoms with Crippen LogP contribution >= 0.6 is 11.3 Å². The smallest absolute Gasteiger partial charge is 0.115 e. The average molecular weight is 276 g/mol. The Kier molecular flexibility index (Phi) is 2.51. The molecule has 0 saturated heterocycles. The van der Waals surface area contributed by atoms with Gasteiger partial charge < -0.3 is 5.11 Å². The number of rotatable bonds is 1. The molecule has 0 bridgehead atoms. The number of thiophene rings is 1. The van der Waals surface area contributed by atoms with Crippen LogP contribution in [0.25, 0.3) is 31.3 Å². The van der Waals surface area contributed by atoms with E-state index in [0.717, 1.165) is 5.56 Å². The van der Waals surface area contributed by atoms with Gasteiger partial charge in [0.25, 0.3) is 0 Å². The van der Waals surface area contributed by atoms with Crippen LogP contribution in [0.3, 0.4) is 0 Å². The van der Waals surface area contributed by atoms with Crippen LogP contribution in [-0.2, 0) is 0 Å². The molecule has 1 aromatic heterocycles. The Morgan fingerprint density at radius 1 is 0.700 bits per heavy atom. The standard InChI is InChI=1S/C18H12OS/c19-13-10-8-12(9-11-13)14-5-3-7-17-18(14)15-4-1-2-6-16(15)20-17/h1-11,19H. The van der Waals surface area contributed by atoms with Crippen LogP contribution in [0.2, 0.25) is 0 Å². The molecule has 0 atom stereocenters. The van der Waals surface area contributed by atoms with E-state index in [1.807, 2.05) is 23.5 Å². The van der Waals surface area contributed by atoms with Gasteiger partial charge in [0.2, 0.25) is 0 Å². The molecular weight excluding hydrogens is 264 g/mol. The monoisotopic (exact) mass is 276 g/mol. The molecule has 1 N–H and O–H groups in total. The Balaban J connectivity index is 2.11. The maximum atomic E-state index is 9.45. The largest absolute Gasteiger partial charge is 0.508 e. The van der Waals surface area contributed by atoms with Crippen LogP contribution in [0.5, 0.6) is 5.75 Å². The lowest BCUT2D eigenvalue weighted by Gasteiger charge is -2.05. The van der Waals surface area contributed by atoms with Crippen molar-refractivity contribution >= 4 is 31.5 Å². The van der Waals surface area contributed by atoms with Crippen molar-refractivity contribution in [2.45, 2.75) is 0 Å². The third-order valence-electron chi connectivity index (χ3n) is 3.58. The van der Waals surface area contributed by atoms with Gasteiger partial charge in [-0.15, -0.1) is 11.3 Å². The fourth-order valence-electron chi connectivity index (χ4n) is 2.66. The van der Waals surface area contributed by atoms with Gasteiger partial charge in [-0.25, -0.2) is 0 Å². The first-order chi connectivity index (χ1) is 9.83. The van der Waals surface area contributed by atoms with Crippen LogP contribution in [0.4, 0.5) is 0 Å². The van der Waals surface area contributed by atoms with Crippen molar-refractivity contribution in [2.75, 3.05) is 0 Å². The molecule has 4 rings (SSSR count). The second-order valence-corrected chi connectivity index (χ2v) is 5.91. The van der Waals surface area contributed by atoms with Gasteiger partial charge in [-0.2, -0.15) is 0 Å². The summed E-state index contributed by atoms with van der Waals surface area (Å²) in [4.78, 5) is 0. The summed E-state index contributed by atoms with van der Waals surface area (Å²) in [5, 5.41) is 12.1. The summed E-state index contributed by atoms with van der Waals surface area (Å²) in [6, 6.07) is 22.3. The number of hydrogen-bond donors (Lipinski definition) is 1. The fourth-order valence-corrected chi connectivity index (χ4v) is 3.79. The topological polar surface area (TPSA) is 20.2 Å². The molecule has 0 saturated carbocycles. The van der Waals surface area contributed by atoms with Crippen molar-refractivity contribution < 1.29 is 5.11 Å². The Labute approximate surface area is 120 Å². The zero-order valence-electron chi connectivity index (χ0n) is 10.7. The molecule has 2 heteroatoms. The zero-order valence-corrected chi connectivity index (χ0v) is 11.5. The SMILES string of the molecule is Oc1ccc(-c2cccc3sc4ccccc4c23)cc1. The summed E-state index contributed by atoms with van der Waals surface area (Å²) in [6.45, 7) is 0. The maximum absolute atomic E-state index is 9.45. The van der Waals surface area contributed by atoms with Gasteiger partial charge in [0, 0.05) is 20.2 Å². The minimum Gasteiger partial charge on any atom is -0.508 e. The number of benzene rings is 3. The van der Waals surface area contributed by atoms with Gasteiger partial charge >= 0.3 is 0 Å². The molecule has 1 nitrogen and oxygen atoms in total. The molecule has 0 unspecified atom stereocenters. The average Bonchev–Trinajstić information content (AvgIpc) is 2.86. The summed E-state index contributed by atoms with van der Waals surface area (Å²) >= 11 is 1.82. The molecule has 0 amide bonds. The molecule has 4 aromatic rings. The van der Waals surface area contributed by atoms with Gasteiger partial charge in [0.1, 0.15) is 5.75 Å². The molecule has 0 aliphatic carbocycles. The van der Waals surface area contributed by atoms with E-state index in [-0.39, 0.29) is 0 Å². The fraction of sp³-hybridized carbons (Fsp3) is 0. The van der Waals surface area contributed by atoms with E-state index in [0.29, 0.717) is 5.75 Å². The van der Waals surface area contributed by atoms with Crippen molar-refractivity contribution in [1.82, 2.24) is 0 Å². The lowest BCUT2D eigenvalue weighted by Crippen LogP contribution is -1.78. The highest BCUT2D eigenvalue weighted by Crippen LogP contribution is 2.39. The predicted molar refractivity (Wildman–Crippen MR) is 86.4 cm³/mol. The van der Waals surface area contributed by atoms with E-state index in [1.165, 1.54) is 25.7 Å². The molecule has 1 heterocycles. The Morgan fingerprint density at radius 3 is 2.30 bits per heavy atom. The number of hydrogen-bond acceptors (Lipinski definition) is 2. The summed E-state index contributed by atoms with van der Waals surface area (Å²) < 4.78 is 2.62. The molecule has 0 radical (unpaired) electrons. The van der Waals surface area contributed by atoms with Gasteiger partial charge in [-0.05, 0) is 35.4 Å². The highest BCUT2D eigenvalue weighted by molar-refractivity contribution is 7.25. The number of fused-ring (bicyclic) bond motifs is 3. The van der Waals surface area contributed by atoms with E-state index in [2.05, 4.69) is 42.5 Å². The molecule has 0 aliphatic rings. The van der Waals surface area contributed by atoms with Crippen LogP contribution in [0, 0.1) is 0 Å². The van der Waals surface area contributed by atoms with E-state index in [9.17, 15) is 5.11 Å². The van der Waals surface area contributed by atoms with Gasteiger partial charge in [0.05, 0.1) is 0 Å². The molecule has 0 fully saturated rings. The quantitative estimate of drug-likeness (QED) is 0.491.